The van der Waals surface area contributed by atoms with E-state index in [-0.39, 0.29) is 5.82 Å². The Morgan fingerprint density at radius 1 is 0.210 bits per heavy atom. The molecule has 0 amide bonds. The summed E-state index contributed by atoms with van der Waals surface area (Å²) in [6, 6.07) is 96.9. The van der Waals surface area contributed by atoms with E-state index in [1.807, 2.05) is 12.1 Å². The predicted molar refractivity (Wildman–Crippen MR) is 335 cm³/mol. The van der Waals surface area contributed by atoms with Crippen LogP contribution in [-0.2, 0) is 0 Å². The molecule has 2 nitrogen and oxygen atoms in total. The Kier molecular flexibility index (Phi) is 9.93. The molecule has 0 saturated heterocycles. The van der Waals surface area contributed by atoms with Crippen LogP contribution >= 0.6 is 0 Å². The molecule has 0 spiro atoms. The molecule has 0 aliphatic carbocycles. The highest BCUT2D eigenvalue weighted by Crippen LogP contribution is 2.54. The van der Waals surface area contributed by atoms with Gasteiger partial charge in [-0.2, -0.15) is 0 Å². The molecule has 0 fully saturated rings. The molecule has 2 aliphatic heterocycles. The largest absolute Gasteiger partial charge is 0.456 e. The maximum Gasteiger partial charge on any atom is 0.136 e. The van der Waals surface area contributed by atoms with Crippen LogP contribution in [0.25, 0.3) is 154 Å². The summed E-state index contributed by atoms with van der Waals surface area (Å²) in [4.78, 5) is 0. The molecule has 3 heteroatoms. The Morgan fingerprint density at radius 3 is 1.32 bits per heavy atom. The molecule has 2 aliphatic rings. The molecular formula is C78H45FO2. The van der Waals surface area contributed by atoms with E-state index in [0.29, 0.717) is 0 Å². The molecule has 15 aromatic carbocycles. The lowest BCUT2D eigenvalue weighted by molar-refractivity contribution is 0.487. The maximum absolute atomic E-state index is 14.6. The molecule has 15 aromatic rings. The molecule has 0 bridgehead atoms. The Balaban J connectivity index is 0.819. The third-order valence-corrected chi connectivity index (χ3v) is 17.1. The number of benzene rings is 15. The van der Waals surface area contributed by atoms with Gasteiger partial charge in [-0.25, -0.2) is 4.39 Å². The second-order valence-corrected chi connectivity index (χ2v) is 21.5. The van der Waals surface area contributed by atoms with Gasteiger partial charge in [0.1, 0.15) is 28.8 Å². The van der Waals surface area contributed by atoms with Crippen molar-refractivity contribution < 1.29 is 13.9 Å². The molecule has 81 heavy (non-hydrogen) atoms. The summed E-state index contributed by atoms with van der Waals surface area (Å²) in [5.41, 5.74) is 17.9. The molecule has 0 atom stereocenters. The summed E-state index contributed by atoms with van der Waals surface area (Å²) >= 11 is 0. The van der Waals surface area contributed by atoms with E-state index >= 15 is 0 Å². The van der Waals surface area contributed by atoms with Crippen molar-refractivity contribution in [2.24, 2.45) is 0 Å². The fraction of sp³-hybridized carbons (Fsp3) is 0. The molecule has 0 aromatic heterocycles. The molecule has 2 heterocycles. The van der Waals surface area contributed by atoms with Gasteiger partial charge in [-0.1, -0.05) is 212 Å². The number of halogens is 1. The molecule has 0 saturated carbocycles. The Hall–Kier alpha value is -10.6. The number of hydrogen-bond donors (Lipinski definition) is 0. The lowest BCUT2D eigenvalue weighted by Gasteiger charge is -2.24. The van der Waals surface area contributed by atoms with E-state index in [0.717, 1.165) is 133 Å². The minimum Gasteiger partial charge on any atom is -0.456 e. The Bertz CT molecular complexity index is 5110. The van der Waals surface area contributed by atoms with E-state index < -0.39 is 0 Å². The Labute approximate surface area is 466 Å². The third-order valence-electron chi connectivity index (χ3n) is 17.1. The van der Waals surface area contributed by atoms with Crippen LogP contribution in [-0.4, -0.2) is 0 Å². The standard InChI is InChI=1S/C78H45FO2/c79-54-36-31-48(32-37-54)74-57-22-6-7-23-58(57)75(52-35-40-69-67(44-52)63-28-12-17-47-18-14-30-71(80-69)76(47)63)68-42-49(33-38-65(68)74)53-41-51-19-13-29-64-66-43-50(34-39-70(66)81-72(45-53)77(51)64)55-20-4-5-21-56(55)78-61-26-10-8-24-59(61)73(46-15-2-1-3-16-46)60-25-9-11-27-62(60)78/h1-45H. The summed E-state index contributed by atoms with van der Waals surface area (Å²) < 4.78 is 28.3. The van der Waals surface area contributed by atoms with Gasteiger partial charge < -0.3 is 9.47 Å². The molecule has 0 radical (unpaired) electrons. The first kappa shape index (κ1) is 45.4. The van der Waals surface area contributed by atoms with Crippen LogP contribution in [0.2, 0.25) is 0 Å². The van der Waals surface area contributed by atoms with E-state index in [1.165, 1.54) is 43.8 Å². The Morgan fingerprint density at radius 2 is 0.667 bits per heavy atom. The van der Waals surface area contributed by atoms with Crippen LogP contribution in [0.5, 0.6) is 23.0 Å². The van der Waals surface area contributed by atoms with Gasteiger partial charge in [-0.3, -0.25) is 0 Å². The quantitative estimate of drug-likeness (QED) is 0.155. The van der Waals surface area contributed by atoms with Gasteiger partial charge in [0.15, 0.2) is 0 Å². The summed E-state index contributed by atoms with van der Waals surface area (Å²) in [6.07, 6.45) is 0. The van der Waals surface area contributed by atoms with Crippen molar-refractivity contribution >= 4 is 64.6 Å². The lowest BCUT2D eigenvalue weighted by atomic mass is 9.83. The van der Waals surface area contributed by atoms with Gasteiger partial charge in [0.05, 0.1) is 0 Å². The zero-order valence-electron chi connectivity index (χ0n) is 43.7. The first-order valence-electron chi connectivity index (χ1n) is 27.6. The van der Waals surface area contributed by atoms with Crippen LogP contribution in [0.15, 0.2) is 273 Å². The van der Waals surface area contributed by atoms with Crippen molar-refractivity contribution in [1.82, 2.24) is 0 Å². The molecule has 376 valence electrons. The normalized spacial score (nSPS) is 12.2. The van der Waals surface area contributed by atoms with Crippen molar-refractivity contribution in [3.63, 3.8) is 0 Å². The first-order chi connectivity index (χ1) is 40.1. The van der Waals surface area contributed by atoms with Crippen molar-refractivity contribution in [1.29, 1.82) is 0 Å². The fourth-order valence-corrected chi connectivity index (χ4v) is 13.6. The maximum atomic E-state index is 14.6. The molecular weight excluding hydrogens is 988 g/mol. The lowest BCUT2D eigenvalue weighted by Crippen LogP contribution is -1.99. The fourth-order valence-electron chi connectivity index (χ4n) is 13.6. The number of rotatable bonds is 6. The van der Waals surface area contributed by atoms with Gasteiger partial charge in [0.2, 0.25) is 0 Å². The number of hydrogen-bond acceptors (Lipinski definition) is 2. The van der Waals surface area contributed by atoms with Gasteiger partial charge >= 0.3 is 0 Å². The first-order valence-corrected chi connectivity index (χ1v) is 27.6. The average molecular weight is 1030 g/mol. The summed E-state index contributed by atoms with van der Waals surface area (Å²) in [6.45, 7) is 0. The summed E-state index contributed by atoms with van der Waals surface area (Å²) in [5, 5.41) is 13.8. The van der Waals surface area contributed by atoms with Gasteiger partial charge in [-0.05, 0) is 192 Å². The highest BCUT2D eigenvalue weighted by atomic mass is 19.1. The van der Waals surface area contributed by atoms with Gasteiger partial charge in [-0.15, -0.1) is 0 Å². The zero-order chi connectivity index (χ0) is 53.3. The van der Waals surface area contributed by atoms with Gasteiger partial charge in [0, 0.05) is 21.9 Å². The van der Waals surface area contributed by atoms with Crippen LogP contribution in [0.3, 0.4) is 0 Å². The molecule has 0 unspecified atom stereocenters. The molecule has 0 N–H and O–H groups in total. The highest BCUT2D eigenvalue weighted by Gasteiger charge is 2.27. The topological polar surface area (TPSA) is 18.5 Å². The zero-order valence-corrected chi connectivity index (χ0v) is 43.7. The summed E-state index contributed by atoms with van der Waals surface area (Å²) in [5.74, 6) is 3.09. The van der Waals surface area contributed by atoms with Crippen LogP contribution < -0.4 is 9.47 Å². The van der Waals surface area contributed by atoms with Crippen molar-refractivity contribution in [2.75, 3.05) is 0 Å². The van der Waals surface area contributed by atoms with Crippen LogP contribution in [0.4, 0.5) is 4.39 Å². The third kappa shape index (κ3) is 6.99. The minimum absolute atomic E-state index is 0.262. The molecule has 17 rings (SSSR count). The van der Waals surface area contributed by atoms with E-state index in [4.69, 9.17) is 9.47 Å². The SMILES string of the molecule is Fc1ccc(-c2c3ccccc3c(-c3ccc4c(c3)-c3cccc5cccc(c35)O4)c3cc(-c4cc5c6c(cccc6c4)-c4cc(-c6ccccc6-c6c7ccccc7c(-c7ccccc7)c7ccccc67)ccc4O5)ccc23)cc1. The monoisotopic (exact) mass is 1030 g/mol. The van der Waals surface area contributed by atoms with E-state index in [9.17, 15) is 4.39 Å². The van der Waals surface area contributed by atoms with Crippen molar-refractivity contribution in [3.05, 3.63) is 279 Å². The number of fused-ring (bicyclic) bond motifs is 8. The minimum atomic E-state index is -0.262. The second-order valence-electron chi connectivity index (χ2n) is 21.5. The average Bonchev–Trinajstić information content (AvgIpc) is 3.71. The van der Waals surface area contributed by atoms with Crippen LogP contribution in [0, 0.1) is 5.82 Å². The number of ether oxygens (including phenoxy) is 2. The predicted octanol–water partition coefficient (Wildman–Crippen LogP) is 22.3. The van der Waals surface area contributed by atoms with Gasteiger partial charge in [0.25, 0.3) is 0 Å². The van der Waals surface area contributed by atoms with Crippen LogP contribution in [0.1, 0.15) is 0 Å². The van der Waals surface area contributed by atoms with Crippen molar-refractivity contribution in [3.8, 4) is 112 Å². The van der Waals surface area contributed by atoms with E-state index in [1.54, 1.807) is 12.1 Å². The highest BCUT2D eigenvalue weighted by molar-refractivity contribution is 6.24. The second kappa shape index (κ2) is 17.7. The van der Waals surface area contributed by atoms with Crippen molar-refractivity contribution in [2.45, 2.75) is 0 Å². The smallest absolute Gasteiger partial charge is 0.136 e. The summed E-state index contributed by atoms with van der Waals surface area (Å²) in [7, 11) is 0. The van der Waals surface area contributed by atoms with E-state index in [2.05, 4.69) is 249 Å².